The number of thiazole rings is 1. The van der Waals surface area contributed by atoms with Crippen LogP contribution in [0.3, 0.4) is 0 Å². The number of ether oxygens (including phenoxy) is 2. The second-order valence-corrected chi connectivity index (χ2v) is 8.36. The summed E-state index contributed by atoms with van der Waals surface area (Å²) in [6, 6.07) is 0.0819. The summed E-state index contributed by atoms with van der Waals surface area (Å²) in [4.78, 5) is 48.5. The highest BCUT2D eigenvalue weighted by molar-refractivity contribution is 7.13. The molecule has 0 bridgehead atoms. The van der Waals surface area contributed by atoms with E-state index < -0.39 is 23.7 Å². The van der Waals surface area contributed by atoms with Crippen LogP contribution in [-0.2, 0) is 19.1 Å². The van der Waals surface area contributed by atoms with Gasteiger partial charge in [-0.25, -0.2) is 14.8 Å². The maximum atomic E-state index is 13.5. The van der Waals surface area contributed by atoms with E-state index in [9.17, 15) is 14.4 Å². The normalized spacial score (nSPS) is 36.3. The van der Waals surface area contributed by atoms with Crippen molar-refractivity contribution in [1.29, 1.82) is 0 Å². The molecule has 0 aromatic carbocycles. The summed E-state index contributed by atoms with van der Waals surface area (Å²) >= 11 is 1.28. The average Bonchev–Trinajstić information content (AvgIpc) is 3.05. The molecule has 5 unspecified atom stereocenters. The van der Waals surface area contributed by atoms with Crippen molar-refractivity contribution in [3.63, 3.8) is 0 Å². The fraction of sp³-hybridized carbons (Fsp3) is 0.500. The number of nitrogens with two attached hydrogens (primary N) is 1. The van der Waals surface area contributed by atoms with Crippen LogP contribution in [0, 0.1) is 11.8 Å². The number of piperazine rings is 1. The summed E-state index contributed by atoms with van der Waals surface area (Å²) in [5.41, 5.74) is 4.96. The van der Waals surface area contributed by atoms with Gasteiger partial charge in [-0.2, -0.15) is 0 Å². The maximum absolute atomic E-state index is 13.5. The lowest BCUT2D eigenvalue weighted by molar-refractivity contribution is -0.138. The molecule has 1 aromatic rings. The van der Waals surface area contributed by atoms with Gasteiger partial charge in [-0.3, -0.25) is 9.59 Å². The van der Waals surface area contributed by atoms with Crippen LogP contribution in [0.2, 0.25) is 0 Å². The van der Waals surface area contributed by atoms with E-state index in [4.69, 9.17) is 15.2 Å². The summed E-state index contributed by atoms with van der Waals surface area (Å²) in [6.07, 6.45) is 0.637. The highest BCUT2D eigenvalue weighted by Gasteiger charge is 2.73. The Labute approximate surface area is 169 Å². The molecule has 3 aliphatic heterocycles. The molecule has 29 heavy (non-hydrogen) atoms. The minimum Gasteiger partial charge on any atom is -0.449 e. The minimum absolute atomic E-state index is 0.0742. The third-order valence-corrected chi connectivity index (χ3v) is 6.84. The van der Waals surface area contributed by atoms with Gasteiger partial charge in [0, 0.05) is 36.8 Å². The van der Waals surface area contributed by atoms with Crippen molar-refractivity contribution >= 4 is 39.8 Å². The van der Waals surface area contributed by atoms with E-state index in [1.165, 1.54) is 18.4 Å². The zero-order chi connectivity index (χ0) is 20.5. The molecule has 3 N–H and O–H groups in total. The molecule has 4 aliphatic rings. The minimum atomic E-state index is -0.980. The number of nitrogens with zero attached hydrogens (tertiary/aromatic N) is 3. The van der Waals surface area contributed by atoms with Gasteiger partial charge in [-0.15, -0.1) is 11.3 Å². The predicted molar refractivity (Wildman–Crippen MR) is 102 cm³/mol. The van der Waals surface area contributed by atoms with Crippen LogP contribution in [0.25, 0.3) is 0 Å². The van der Waals surface area contributed by atoms with Crippen molar-refractivity contribution < 1.29 is 23.9 Å². The van der Waals surface area contributed by atoms with Gasteiger partial charge in [-0.1, -0.05) is 0 Å². The van der Waals surface area contributed by atoms with Gasteiger partial charge in [0.2, 0.25) is 10.9 Å². The number of carbonyl (C=O) groups is 3. The molecule has 10 nitrogen and oxygen atoms in total. The number of aliphatic imine (C=N–C) groups is 1. The van der Waals surface area contributed by atoms with Gasteiger partial charge in [0.15, 0.2) is 11.5 Å². The highest BCUT2D eigenvalue weighted by atomic mass is 32.1. The SMILES string of the molecule is COC12C(COC(N)=O)C3=C(C(=O)C(C)C(=Nc4nccs4)C3=O)N1CC1NC12. The third kappa shape index (κ3) is 2.38. The van der Waals surface area contributed by atoms with Gasteiger partial charge in [0.25, 0.3) is 0 Å². The van der Waals surface area contributed by atoms with Crippen LogP contribution < -0.4 is 11.1 Å². The number of amides is 1. The van der Waals surface area contributed by atoms with Crippen LogP contribution in [0.4, 0.5) is 9.93 Å². The summed E-state index contributed by atoms with van der Waals surface area (Å²) in [5, 5.41) is 5.48. The number of allylic oxidation sites excluding steroid dienone is 1. The average molecular weight is 417 g/mol. The molecule has 5 atom stereocenters. The Morgan fingerprint density at radius 2 is 2.31 bits per heavy atom. The van der Waals surface area contributed by atoms with Crippen LogP contribution in [0.15, 0.2) is 27.8 Å². The molecule has 5 rings (SSSR count). The maximum Gasteiger partial charge on any atom is 0.404 e. The van der Waals surface area contributed by atoms with E-state index in [1.54, 1.807) is 18.5 Å². The largest absolute Gasteiger partial charge is 0.449 e. The van der Waals surface area contributed by atoms with Gasteiger partial charge in [0.05, 0.1) is 23.6 Å². The lowest BCUT2D eigenvalue weighted by Crippen LogP contribution is -2.55. The van der Waals surface area contributed by atoms with Crippen molar-refractivity contribution in [1.82, 2.24) is 15.2 Å². The number of primary amides is 1. The molecule has 1 aliphatic carbocycles. The smallest absolute Gasteiger partial charge is 0.404 e. The van der Waals surface area contributed by atoms with Crippen LogP contribution in [0.5, 0.6) is 0 Å². The highest BCUT2D eigenvalue weighted by Crippen LogP contribution is 2.55. The van der Waals surface area contributed by atoms with Crippen molar-refractivity contribution in [2.45, 2.75) is 24.7 Å². The first kappa shape index (κ1) is 18.4. The number of hydrogen-bond acceptors (Lipinski definition) is 10. The topological polar surface area (TPSA) is 146 Å². The lowest BCUT2D eigenvalue weighted by atomic mass is 9.78. The van der Waals surface area contributed by atoms with E-state index in [0.717, 1.165) is 0 Å². The van der Waals surface area contributed by atoms with Gasteiger partial charge in [0.1, 0.15) is 12.3 Å². The van der Waals surface area contributed by atoms with Gasteiger partial charge < -0.3 is 25.4 Å². The number of hydrogen-bond donors (Lipinski definition) is 2. The van der Waals surface area contributed by atoms with Crippen molar-refractivity contribution in [2.75, 3.05) is 20.3 Å². The molecule has 0 radical (unpaired) electrons. The summed E-state index contributed by atoms with van der Waals surface area (Å²) in [6.45, 7) is 2.05. The standard InChI is InChI=1S/C18H19N5O5S/c1-7-11(22-17-20-3-4-29-17)14(25)10-8(6-28-16(19)26)18(27-2)15-9(21-15)5-23(18)12(10)13(7)24/h3-4,7-9,15,21H,5-6H2,1-2H3,(H2,19,26). The Bertz CT molecular complexity index is 989. The number of carbonyl (C=O) groups excluding carboxylic acids is 3. The van der Waals surface area contributed by atoms with Crippen molar-refractivity contribution in [2.24, 2.45) is 22.6 Å². The Morgan fingerprint density at radius 3 is 2.97 bits per heavy atom. The second-order valence-electron chi connectivity index (χ2n) is 7.49. The molecule has 0 saturated carbocycles. The monoisotopic (exact) mass is 417 g/mol. The molecule has 1 aromatic heterocycles. The molecule has 1 amide bonds. The molecule has 0 spiro atoms. The molecule has 2 saturated heterocycles. The number of rotatable bonds is 4. The Balaban J connectivity index is 1.64. The Hall–Kier alpha value is -2.63. The van der Waals surface area contributed by atoms with Crippen LogP contribution in [0.1, 0.15) is 6.92 Å². The molecular weight excluding hydrogens is 398 g/mol. The fourth-order valence-corrected chi connectivity index (χ4v) is 5.42. The number of ketones is 2. The zero-order valence-corrected chi connectivity index (χ0v) is 16.6. The van der Waals surface area contributed by atoms with Gasteiger partial charge >= 0.3 is 6.09 Å². The summed E-state index contributed by atoms with van der Waals surface area (Å²) < 4.78 is 11.0. The van der Waals surface area contributed by atoms with Crippen LogP contribution >= 0.6 is 11.3 Å². The molecule has 11 heteroatoms. The number of nitrogens with one attached hydrogen (secondary N) is 1. The fourth-order valence-electron chi connectivity index (χ4n) is 4.90. The number of methoxy groups -OCH3 is 1. The van der Waals surface area contributed by atoms with Gasteiger partial charge in [-0.05, 0) is 6.92 Å². The first-order valence-electron chi connectivity index (χ1n) is 9.22. The third-order valence-electron chi connectivity index (χ3n) is 6.18. The molecular formula is C18H19N5O5S. The Kier molecular flexibility index (Phi) is 3.92. The van der Waals surface area contributed by atoms with Crippen molar-refractivity contribution in [3.8, 4) is 0 Å². The summed E-state index contributed by atoms with van der Waals surface area (Å²) in [7, 11) is 1.54. The number of fused-ring (bicyclic) bond motifs is 4. The summed E-state index contributed by atoms with van der Waals surface area (Å²) in [5.74, 6) is -1.91. The Morgan fingerprint density at radius 1 is 1.52 bits per heavy atom. The molecule has 152 valence electrons. The van der Waals surface area contributed by atoms with Crippen molar-refractivity contribution in [3.05, 3.63) is 22.8 Å². The number of aromatic nitrogens is 1. The van der Waals surface area contributed by atoms with E-state index in [-0.39, 0.29) is 41.5 Å². The second kappa shape index (κ2) is 6.18. The number of Topliss-reactive ketones (excluding diaryl/α,β-unsaturated/α-hetero) is 2. The molecule has 2 fully saturated rings. The van der Waals surface area contributed by atoms with E-state index in [1.807, 2.05) is 4.90 Å². The van der Waals surface area contributed by atoms with E-state index >= 15 is 0 Å². The quantitative estimate of drug-likeness (QED) is 0.650. The van der Waals surface area contributed by atoms with E-state index in [0.29, 0.717) is 17.4 Å². The van der Waals surface area contributed by atoms with E-state index in [2.05, 4.69) is 15.3 Å². The van der Waals surface area contributed by atoms with Crippen LogP contribution in [-0.4, -0.2) is 71.3 Å². The first-order chi connectivity index (χ1) is 13.9. The first-order valence-corrected chi connectivity index (χ1v) is 10.1. The molecule has 4 heterocycles. The lowest BCUT2D eigenvalue weighted by Gasteiger charge is -2.39. The predicted octanol–water partition coefficient (Wildman–Crippen LogP) is -0.0186. The zero-order valence-electron chi connectivity index (χ0n) is 15.7.